The van der Waals surface area contributed by atoms with E-state index in [4.69, 9.17) is 4.42 Å². The van der Waals surface area contributed by atoms with Crippen LogP contribution >= 0.6 is 15.9 Å². The van der Waals surface area contributed by atoms with Crippen molar-refractivity contribution in [1.29, 1.82) is 0 Å². The second-order valence-electron chi connectivity index (χ2n) is 4.84. The Morgan fingerprint density at radius 2 is 2.00 bits per heavy atom. The van der Waals surface area contributed by atoms with E-state index in [1.165, 1.54) is 6.07 Å². The number of hydrogen-bond donors (Lipinski definition) is 1. The van der Waals surface area contributed by atoms with Gasteiger partial charge >= 0.3 is 0 Å². The van der Waals surface area contributed by atoms with Gasteiger partial charge in [0, 0.05) is 21.0 Å². The third kappa shape index (κ3) is 2.74. The van der Waals surface area contributed by atoms with E-state index in [1.54, 1.807) is 12.3 Å². The van der Waals surface area contributed by atoms with Crippen molar-refractivity contribution in [3.05, 3.63) is 70.1 Å². The predicted molar refractivity (Wildman–Crippen MR) is 85.8 cm³/mol. The molecule has 1 atom stereocenters. The summed E-state index contributed by atoms with van der Waals surface area (Å²) in [6, 6.07) is 12.6. The second-order valence-corrected chi connectivity index (χ2v) is 5.76. The summed E-state index contributed by atoms with van der Waals surface area (Å²) in [4.78, 5) is 0. The fraction of sp³-hybridized carbons (Fsp3) is 0.176. The van der Waals surface area contributed by atoms with Gasteiger partial charge in [-0.15, -0.1) is 0 Å². The average Bonchev–Trinajstić information content (AvgIpc) is 2.91. The Labute approximate surface area is 131 Å². The highest BCUT2D eigenvalue weighted by molar-refractivity contribution is 9.10. The van der Waals surface area contributed by atoms with Crippen LogP contribution in [0.15, 0.2) is 57.6 Å². The maximum Gasteiger partial charge on any atom is 0.134 e. The summed E-state index contributed by atoms with van der Waals surface area (Å²) in [7, 11) is 0. The van der Waals surface area contributed by atoms with E-state index in [0.717, 1.165) is 27.6 Å². The molecule has 0 amide bonds. The molecule has 2 nitrogen and oxygen atoms in total. The zero-order valence-corrected chi connectivity index (χ0v) is 13.2. The summed E-state index contributed by atoms with van der Waals surface area (Å²) < 4.78 is 20.7. The van der Waals surface area contributed by atoms with Gasteiger partial charge in [0.15, 0.2) is 0 Å². The molecule has 0 spiro atoms. The third-order valence-corrected chi connectivity index (χ3v) is 3.99. The molecule has 0 aliphatic rings. The molecule has 0 aliphatic heterocycles. The molecule has 1 N–H and O–H groups in total. The van der Waals surface area contributed by atoms with Gasteiger partial charge in [-0.2, -0.15) is 0 Å². The first kappa shape index (κ1) is 14.3. The van der Waals surface area contributed by atoms with Crippen molar-refractivity contribution in [1.82, 2.24) is 5.32 Å². The quantitative estimate of drug-likeness (QED) is 0.715. The Morgan fingerprint density at radius 1 is 1.19 bits per heavy atom. The number of benzene rings is 2. The number of furan rings is 1. The number of halogens is 2. The van der Waals surface area contributed by atoms with E-state index < -0.39 is 0 Å². The lowest BCUT2D eigenvalue weighted by atomic mass is 9.97. The lowest BCUT2D eigenvalue weighted by molar-refractivity contribution is 0.549. The summed E-state index contributed by atoms with van der Waals surface area (Å²) >= 11 is 3.41. The first-order valence-corrected chi connectivity index (χ1v) is 7.64. The standard InChI is InChI=1S/C17H15BrFNO/c1-2-20-17(13-9-11(18)7-8-15(13)19)14-10-21-16-6-4-3-5-12(14)16/h3-10,17,20H,2H2,1H3. The third-order valence-electron chi connectivity index (χ3n) is 3.50. The van der Waals surface area contributed by atoms with Gasteiger partial charge in [0.25, 0.3) is 0 Å². The van der Waals surface area contributed by atoms with Crippen LogP contribution in [0, 0.1) is 5.82 Å². The van der Waals surface area contributed by atoms with Crippen LogP contribution in [0.4, 0.5) is 4.39 Å². The van der Waals surface area contributed by atoms with Crippen LogP contribution in [0.2, 0.25) is 0 Å². The van der Waals surface area contributed by atoms with Gasteiger partial charge in [-0.1, -0.05) is 41.1 Å². The monoisotopic (exact) mass is 347 g/mol. The van der Waals surface area contributed by atoms with Crippen molar-refractivity contribution in [2.75, 3.05) is 6.54 Å². The molecule has 0 bridgehead atoms. The first-order valence-electron chi connectivity index (χ1n) is 6.85. The summed E-state index contributed by atoms with van der Waals surface area (Å²) in [6.45, 7) is 2.74. The number of rotatable bonds is 4. The highest BCUT2D eigenvalue weighted by atomic mass is 79.9. The Morgan fingerprint density at radius 3 is 2.81 bits per heavy atom. The fourth-order valence-corrected chi connectivity index (χ4v) is 2.93. The van der Waals surface area contributed by atoms with E-state index in [0.29, 0.717) is 5.56 Å². The molecular weight excluding hydrogens is 333 g/mol. The summed E-state index contributed by atoms with van der Waals surface area (Å²) in [6.07, 6.45) is 1.71. The molecule has 0 radical (unpaired) electrons. The largest absolute Gasteiger partial charge is 0.464 e. The molecule has 0 aliphatic carbocycles. The van der Waals surface area contributed by atoms with Crippen LogP contribution in [0.25, 0.3) is 11.0 Å². The summed E-state index contributed by atoms with van der Waals surface area (Å²) in [5.41, 5.74) is 2.37. The highest BCUT2D eigenvalue weighted by Gasteiger charge is 2.21. The number of para-hydroxylation sites is 1. The van der Waals surface area contributed by atoms with E-state index in [-0.39, 0.29) is 11.9 Å². The minimum atomic E-state index is -0.240. The molecule has 1 aromatic heterocycles. The van der Waals surface area contributed by atoms with Crippen molar-refractivity contribution in [3.8, 4) is 0 Å². The summed E-state index contributed by atoms with van der Waals surface area (Å²) in [5.74, 6) is -0.227. The molecule has 2 aromatic carbocycles. The molecular formula is C17H15BrFNO. The molecule has 3 rings (SSSR count). The smallest absolute Gasteiger partial charge is 0.134 e. The molecule has 1 unspecified atom stereocenters. The van der Waals surface area contributed by atoms with Gasteiger partial charge in [0.2, 0.25) is 0 Å². The predicted octanol–water partition coefficient (Wildman–Crippen LogP) is 5.03. The van der Waals surface area contributed by atoms with Crippen molar-refractivity contribution in [2.45, 2.75) is 13.0 Å². The van der Waals surface area contributed by atoms with Crippen molar-refractivity contribution < 1.29 is 8.81 Å². The van der Waals surface area contributed by atoms with E-state index in [1.807, 2.05) is 37.3 Å². The Balaban J connectivity index is 2.15. The van der Waals surface area contributed by atoms with E-state index >= 15 is 0 Å². The van der Waals surface area contributed by atoms with Crippen LogP contribution in [0.5, 0.6) is 0 Å². The molecule has 1 heterocycles. The Kier molecular flexibility index (Phi) is 4.08. The minimum absolute atomic E-state index is 0.227. The SMILES string of the molecule is CCNC(c1cc(Br)ccc1F)c1coc2ccccc12. The second kappa shape index (κ2) is 6.00. The number of fused-ring (bicyclic) bond motifs is 1. The van der Waals surface area contributed by atoms with E-state index in [2.05, 4.69) is 21.2 Å². The maximum absolute atomic E-state index is 14.2. The van der Waals surface area contributed by atoms with Gasteiger partial charge in [-0.3, -0.25) is 0 Å². The molecule has 0 fully saturated rings. The van der Waals surface area contributed by atoms with Crippen LogP contribution in [-0.4, -0.2) is 6.54 Å². The van der Waals surface area contributed by atoms with Gasteiger partial charge < -0.3 is 9.73 Å². The Hall–Kier alpha value is -1.65. The Bertz CT molecular complexity index is 768. The lowest BCUT2D eigenvalue weighted by Gasteiger charge is -2.18. The first-order chi connectivity index (χ1) is 10.2. The van der Waals surface area contributed by atoms with Gasteiger partial charge in [-0.05, 0) is 30.8 Å². The van der Waals surface area contributed by atoms with Gasteiger partial charge in [0.1, 0.15) is 11.4 Å². The summed E-state index contributed by atoms with van der Waals surface area (Å²) in [5, 5.41) is 4.34. The highest BCUT2D eigenvalue weighted by Crippen LogP contribution is 2.32. The molecule has 4 heteroatoms. The van der Waals surface area contributed by atoms with Gasteiger partial charge in [0.05, 0.1) is 12.3 Å². The van der Waals surface area contributed by atoms with Gasteiger partial charge in [-0.25, -0.2) is 4.39 Å². The molecule has 108 valence electrons. The normalized spacial score (nSPS) is 12.7. The molecule has 21 heavy (non-hydrogen) atoms. The fourth-order valence-electron chi connectivity index (χ4n) is 2.55. The van der Waals surface area contributed by atoms with Crippen molar-refractivity contribution in [3.63, 3.8) is 0 Å². The van der Waals surface area contributed by atoms with E-state index in [9.17, 15) is 4.39 Å². The topological polar surface area (TPSA) is 25.2 Å². The lowest BCUT2D eigenvalue weighted by Crippen LogP contribution is -2.22. The maximum atomic E-state index is 14.2. The molecule has 3 aromatic rings. The van der Waals surface area contributed by atoms with Crippen LogP contribution in [0.1, 0.15) is 24.1 Å². The number of nitrogens with one attached hydrogen (secondary N) is 1. The zero-order valence-electron chi connectivity index (χ0n) is 11.6. The number of hydrogen-bond acceptors (Lipinski definition) is 2. The zero-order chi connectivity index (χ0) is 14.8. The van der Waals surface area contributed by atoms with Crippen molar-refractivity contribution in [2.24, 2.45) is 0 Å². The average molecular weight is 348 g/mol. The van der Waals surface area contributed by atoms with Crippen LogP contribution in [-0.2, 0) is 0 Å². The van der Waals surface area contributed by atoms with Crippen LogP contribution < -0.4 is 5.32 Å². The van der Waals surface area contributed by atoms with Crippen molar-refractivity contribution >= 4 is 26.9 Å². The van der Waals surface area contributed by atoms with Crippen LogP contribution in [0.3, 0.4) is 0 Å². The molecule has 0 saturated heterocycles. The molecule has 0 saturated carbocycles. The minimum Gasteiger partial charge on any atom is -0.464 e.